The van der Waals surface area contributed by atoms with Crippen LogP contribution < -0.4 is 5.32 Å². The van der Waals surface area contributed by atoms with E-state index in [1.807, 2.05) is 24.3 Å². The Balaban J connectivity index is 2.25. The number of piperazine rings is 1. The average molecular weight is 311 g/mol. The van der Waals surface area contributed by atoms with Crippen LogP contribution in [-0.2, 0) is 16.1 Å². The molecule has 0 atom stereocenters. The van der Waals surface area contributed by atoms with Crippen molar-refractivity contribution in [2.24, 2.45) is 0 Å². The number of hydrogen-bond donors (Lipinski definition) is 1. The lowest BCUT2D eigenvalue weighted by molar-refractivity contribution is -0.152. The molecule has 0 radical (unpaired) electrons. The molecular formula is C13H15BrN2O2. The van der Waals surface area contributed by atoms with Crippen molar-refractivity contribution in [1.29, 1.82) is 0 Å². The fraction of sp³-hybridized carbons (Fsp3) is 0.385. The third kappa shape index (κ3) is 2.41. The molecule has 4 nitrogen and oxygen atoms in total. The Kier molecular flexibility index (Phi) is 3.43. The van der Waals surface area contributed by atoms with Crippen molar-refractivity contribution in [1.82, 2.24) is 10.2 Å². The fourth-order valence-corrected chi connectivity index (χ4v) is 2.45. The first kappa shape index (κ1) is 13.1. The number of nitrogens with one attached hydrogen (secondary N) is 1. The van der Waals surface area contributed by atoms with Gasteiger partial charge in [-0.05, 0) is 31.5 Å². The number of carbonyl (C=O) groups excluding carboxylic acids is 2. The molecule has 2 rings (SSSR count). The van der Waals surface area contributed by atoms with E-state index >= 15 is 0 Å². The topological polar surface area (TPSA) is 49.4 Å². The van der Waals surface area contributed by atoms with Crippen LogP contribution in [0.2, 0.25) is 0 Å². The lowest BCUT2D eigenvalue weighted by atomic mass is 9.97. The van der Waals surface area contributed by atoms with Crippen molar-refractivity contribution in [3.8, 4) is 0 Å². The van der Waals surface area contributed by atoms with E-state index in [-0.39, 0.29) is 18.4 Å². The molecule has 18 heavy (non-hydrogen) atoms. The molecule has 1 aromatic rings. The molecule has 1 aromatic carbocycles. The Morgan fingerprint density at radius 2 is 2.11 bits per heavy atom. The molecule has 1 aliphatic heterocycles. The standard InChI is InChI=1S/C13H15BrN2O2/c1-13(2)12(18)15-7-11(17)16(13)8-9-4-3-5-10(14)6-9/h3-6H,7-8H2,1-2H3,(H,15,18). The molecule has 96 valence electrons. The Morgan fingerprint density at radius 3 is 2.78 bits per heavy atom. The van der Waals surface area contributed by atoms with Gasteiger partial charge in [-0.2, -0.15) is 0 Å². The first-order valence-electron chi connectivity index (χ1n) is 5.74. The van der Waals surface area contributed by atoms with Gasteiger partial charge in [0.05, 0.1) is 6.54 Å². The second-order valence-electron chi connectivity index (χ2n) is 4.85. The minimum absolute atomic E-state index is 0.0559. The molecule has 0 spiro atoms. The number of benzene rings is 1. The fourth-order valence-electron chi connectivity index (χ4n) is 2.01. The summed E-state index contributed by atoms with van der Waals surface area (Å²) in [5.41, 5.74) is 0.193. The molecule has 0 aliphatic carbocycles. The van der Waals surface area contributed by atoms with Gasteiger partial charge in [0.1, 0.15) is 5.54 Å². The summed E-state index contributed by atoms with van der Waals surface area (Å²) in [5, 5.41) is 2.61. The number of rotatable bonds is 2. The van der Waals surface area contributed by atoms with Crippen LogP contribution in [0.3, 0.4) is 0 Å². The first-order chi connectivity index (χ1) is 8.41. The van der Waals surface area contributed by atoms with Crippen molar-refractivity contribution in [2.45, 2.75) is 25.9 Å². The second kappa shape index (κ2) is 4.72. The molecule has 1 heterocycles. The summed E-state index contributed by atoms with van der Waals surface area (Å²) in [6.45, 7) is 4.05. The minimum atomic E-state index is -0.808. The van der Waals surface area contributed by atoms with E-state index in [4.69, 9.17) is 0 Å². The van der Waals surface area contributed by atoms with Gasteiger partial charge in [-0.25, -0.2) is 0 Å². The maximum atomic E-state index is 11.9. The highest BCUT2D eigenvalue weighted by molar-refractivity contribution is 9.10. The van der Waals surface area contributed by atoms with Gasteiger partial charge >= 0.3 is 0 Å². The Morgan fingerprint density at radius 1 is 1.39 bits per heavy atom. The lowest BCUT2D eigenvalue weighted by Crippen LogP contribution is -2.63. The lowest BCUT2D eigenvalue weighted by Gasteiger charge is -2.41. The van der Waals surface area contributed by atoms with Gasteiger partial charge in [-0.3, -0.25) is 9.59 Å². The van der Waals surface area contributed by atoms with Crippen LogP contribution in [0, 0.1) is 0 Å². The zero-order valence-corrected chi connectivity index (χ0v) is 12.0. The number of amides is 2. The van der Waals surface area contributed by atoms with Crippen molar-refractivity contribution in [3.63, 3.8) is 0 Å². The van der Waals surface area contributed by atoms with Crippen LogP contribution in [-0.4, -0.2) is 28.8 Å². The summed E-state index contributed by atoms with van der Waals surface area (Å²) in [6, 6.07) is 7.75. The number of halogens is 1. The van der Waals surface area contributed by atoms with Gasteiger partial charge in [0.25, 0.3) is 0 Å². The predicted octanol–water partition coefficient (Wildman–Crippen LogP) is 1.69. The molecule has 0 unspecified atom stereocenters. The maximum Gasteiger partial charge on any atom is 0.245 e. The molecule has 1 saturated heterocycles. The van der Waals surface area contributed by atoms with Crippen molar-refractivity contribution < 1.29 is 9.59 Å². The van der Waals surface area contributed by atoms with Crippen LogP contribution in [0.1, 0.15) is 19.4 Å². The molecule has 1 fully saturated rings. The third-order valence-electron chi connectivity index (χ3n) is 3.16. The molecule has 1 N–H and O–H groups in total. The molecule has 0 aromatic heterocycles. The predicted molar refractivity (Wildman–Crippen MR) is 71.8 cm³/mol. The van der Waals surface area contributed by atoms with E-state index in [0.717, 1.165) is 10.0 Å². The summed E-state index contributed by atoms with van der Waals surface area (Å²) < 4.78 is 0.965. The summed E-state index contributed by atoms with van der Waals surface area (Å²) in [5.74, 6) is -0.170. The molecule has 5 heteroatoms. The zero-order valence-electron chi connectivity index (χ0n) is 10.4. The van der Waals surface area contributed by atoms with Crippen molar-refractivity contribution in [2.75, 3.05) is 6.54 Å². The van der Waals surface area contributed by atoms with Crippen LogP contribution in [0.4, 0.5) is 0 Å². The van der Waals surface area contributed by atoms with Gasteiger partial charge in [0, 0.05) is 11.0 Å². The summed E-state index contributed by atoms with van der Waals surface area (Å²) in [6.07, 6.45) is 0. The van der Waals surface area contributed by atoms with Gasteiger partial charge < -0.3 is 10.2 Å². The Hall–Kier alpha value is -1.36. The second-order valence-corrected chi connectivity index (χ2v) is 5.77. The maximum absolute atomic E-state index is 11.9. The van der Waals surface area contributed by atoms with E-state index in [9.17, 15) is 9.59 Å². The van der Waals surface area contributed by atoms with Crippen LogP contribution in [0.15, 0.2) is 28.7 Å². The molecule has 0 bridgehead atoms. The summed E-state index contributed by atoms with van der Waals surface area (Å²) in [4.78, 5) is 25.4. The quantitative estimate of drug-likeness (QED) is 0.903. The SMILES string of the molecule is CC1(C)C(=O)NCC(=O)N1Cc1cccc(Br)c1. The molecular weight excluding hydrogens is 296 g/mol. The van der Waals surface area contributed by atoms with Gasteiger partial charge in [-0.1, -0.05) is 28.1 Å². The van der Waals surface area contributed by atoms with Gasteiger partial charge in [0.15, 0.2) is 0 Å². The third-order valence-corrected chi connectivity index (χ3v) is 3.65. The summed E-state index contributed by atoms with van der Waals surface area (Å²) >= 11 is 3.40. The van der Waals surface area contributed by atoms with Crippen molar-refractivity contribution >= 4 is 27.7 Å². The molecule has 1 aliphatic rings. The number of carbonyl (C=O) groups is 2. The van der Waals surface area contributed by atoms with Crippen LogP contribution in [0.25, 0.3) is 0 Å². The van der Waals surface area contributed by atoms with Crippen LogP contribution >= 0.6 is 15.9 Å². The highest BCUT2D eigenvalue weighted by Crippen LogP contribution is 2.22. The monoisotopic (exact) mass is 310 g/mol. The average Bonchev–Trinajstić information content (AvgIpc) is 2.30. The first-order valence-corrected chi connectivity index (χ1v) is 6.54. The minimum Gasteiger partial charge on any atom is -0.345 e. The van der Waals surface area contributed by atoms with E-state index in [0.29, 0.717) is 6.54 Å². The largest absolute Gasteiger partial charge is 0.345 e. The van der Waals surface area contributed by atoms with Gasteiger partial charge in [0.2, 0.25) is 11.8 Å². The number of nitrogens with zero attached hydrogens (tertiary/aromatic N) is 1. The van der Waals surface area contributed by atoms with E-state index < -0.39 is 5.54 Å². The van der Waals surface area contributed by atoms with Gasteiger partial charge in [-0.15, -0.1) is 0 Å². The van der Waals surface area contributed by atoms with Crippen molar-refractivity contribution in [3.05, 3.63) is 34.3 Å². The Bertz CT molecular complexity index is 500. The van der Waals surface area contributed by atoms with E-state index in [1.165, 1.54) is 0 Å². The smallest absolute Gasteiger partial charge is 0.245 e. The highest BCUT2D eigenvalue weighted by Gasteiger charge is 2.41. The normalized spacial score (nSPS) is 18.7. The highest BCUT2D eigenvalue weighted by atomic mass is 79.9. The Labute approximate surface area is 114 Å². The molecule has 0 saturated carbocycles. The van der Waals surface area contributed by atoms with E-state index in [1.54, 1.807) is 18.7 Å². The number of hydrogen-bond acceptors (Lipinski definition) is 2. The van der Waals surface area contributed by atoms with E-state index in [2.05, 4.69) is 21.2 Å². The summed E-state index contributed by atoms with van der Waals surface area (Å²) in [7, 11) is 0. The van der Waals surface area contributed by atoms with Crippen LogP contribution in [0.5, 0.6) is 0 Å². The molecule has 2 amide bonds. The zero-order chi connectivity index (χ0) is 13.3.